The fourth-order valence-corrected chi connectivity index (χ4v) is 3.38. The van der Waals surface area contributed by atoms with Crippen LogP contribution < -0.4 is 0 Å². The third-order valence-corrected chi connectivity index (χ3v) is 4.60. The van der Waals surface area contributed by atoms with Gasteiger partial charge in [-0.2, -0.15) is 0 Å². The van der Waals surface area contributed by atoms with Crippen LogP contribution >= 0.6 is 0 Å². The molecule has 1 unspecified atom stereocenters. The van der Waals surface area contributed by atoms with Crippen LogP contribution in [0.3, 0.4) is 0 Å². The summed E-state index contributed by atoms with van der Waals surface area (Å²) >= 11 is 0. The number of benzene rings is 1. The van der Waals surface area contributed by atoms with E-state index in [1.54, 1.807) is 27.7 Å². The summed E-state index contributed by atoms with van der Waals surface area (Å²) in [6.45, 7) is 8.71. The van der Waals surface area contributed by atoms with Crippen molar-refractivity contribution in [3.8, 4) is 0 Å². The Bertz CT molecular complexity index is 625. The number of hydrogen-bond donors (Lipinski definition) is 1. The van der Waals surface area contributed by atoms with E-state index in [9.17, 15) is 22.7 Å². The average molecular weight is 423 g/mol. The first-order valence-corrected chi connectivity index (χ1v) is 10.4. The highest BCUT2D eigenvalue weighted by atomic mass is 19.2. The van der Waals surface area contributed by atoms with Crippen molar-refractivity contribution in [3.63, 3.8) is 0 Å². The van der Waals surface area contributed by atoms with Gasteiger partial charge >= 0.3 is 0 Å². The van der Waals surface area contributed by atoms with Crippen molar-refractivity contribution in [1.29, 1.82) is 0 Å². The van der Waals surface area contributed by atoms with Gasteiger partial charge in [0.15, 0.2) is 23.3 Å². The Kier molecular flexibility index (Phi) is 10.6. The molecule has 0 bridgehead atoms. The predicted molar refractivity (Wildman–Crippen MR) is 104 cm³/mol. The Morgan fingerprint density at radius 1 is 0.828 bits per heavy atom. The summed E-state index contributed by atoms with van der Waals surface area (Å²) in [6, 6.07) is 0.577. The van der Waals surface area contributed by atoms with Crippen LogP contribution in [0.1, 0.15) is 91.0 Å². The molecule has 0 aliphatic rings. The van der Waals surface area contributed by atoms with E-state index in [0.717, 1.165) is 32.1 Å². The van der Waals surface area contributed by atoms with Crippen molar-refractivity contribution in [2.45, 2.75) is 104 Å². The minimum Gasteiger partial charge on any atom is -0.343 e. The van der Waals surface area contributed by atoms with Gasteiger partial charge in [0.25, 0.3) is 5.97 Å². The molecular weight excluding hydrogens is 388 g/mol. The van der Waals surface area contributed by atoms with E-state index >= 15 is 0 Å². The number of rotatable bonds is 13. The maximum absolute atomic E-state index is 14.6. The number of halogens is 4. The molecule has 7 heteroatoms. The van der Waals surface area contributed by atoms with Gasteiger partial charge in [-0.25, -0.2) is 17.6 Å². The molecule has 0 fully saturated rings. The molecule has 0 radical (unpaired) electrons. The highest BCUT2D eigenvalue weighted by Gasteiger charge is 2.44. The maximum Gasteiger partial charge on any atom is 0.288 e. The fraction of sp³-hybridized carbons (Fsp3) is 0.727. The number of ether oxygens (including phenoxy) is 2. The molecule has 1 aromatic rings. The van der Waals surface area contributed by atoms with Gasteiger partial charge in [-0.3, -0.25) is 0 Å². The van der Waals surface area contributed by atoms with Crippen LogP contribution in [0.5, 0.6) is 0 Å². The molecule has 1 aromatic carbocycles. The molecule has 0 amide bonds. The number of unbranched alkanes of at least 4 members (excludes halogenated alkanes) is 5. The third kappa shape index (κ3) is 7.54. The quantitative estimate of drug-likeness (QED) is 0.128. The van der Waals surface area contributed by atoms with Gasteiger partial charge < -0.3 is 14.6 Å². The zero-order chi connectivity index (χ0) is 22.2. The fourth-order valence-electron chi connectivity index (χ4n) is 3.38. The lowest BCUT2D eigenvalue weighted by atomic mass is 9.89. The molecule has 1 rings (SSSR count). The van der Waals surface area contributed by atoms with Gasteiger partial charge in [-0.1, -0.05) is 45.4 Å². The molecular formula is C22H34F4O3. The van der Waals surface area contributed by atoms with Crippen LogP contribution in [0.2, 0.25) is 0 Å². The Morgan fingerprint density at radius 3 is 1.86 bits per heavy atom. The maximum atomic E-state index is 14.6. The highest BCUT2D eigenvalue weighted by Crippen LogP contribution is 2.39. The summed E-state index contributed by atoms with van der Waals surface area (Å²) in [5.41, 5.74) is -0.501. The molecule has 0 spiro atoms. The van der Waals surface area contributed by atoms with E-state index in [1.807, 2.05) is 0 Å². The SMILES string of the molecule is CCCCCCCCC(c1cc(F)c(F)c(F)c1F)C(O)(OC(C)C)OC(C)C. The first kappa shape index (κ1) is 25.9. The first-order chi connectivity index (χ1) is 13.5. The Labute approximate surface area is 171 Å². The van der Waals surface area contributed by atoms with Crippen LogP contribution in [0, 0.1) is 23.3 Å². The molecule has 0 saturated heterocycles. The van der Waals surface area contributed by atoms with E-state index in [0.29, 0.717) is 12.5 Å². The lowest BCUT2D eigenvalue weighted by molar-refractivity contribution is -0.394. The van der Waals surface area contributed by atoms with Crippen molar-refractivity contribution in [2.24, 2.45) is 0 Å². The molecule has 1 N–H and O–H groups in total. The van der Waals surface area contributed by atoms with Gasteiger partial charge in [0.2, 0.25) is 0 Å². The normalized spacial score (nSPS) is 13.5. The summed E-state index contributed by atoms with van der Waals surface area (Å²) in [5, 5.41) is 11.1. The van der Waals surface area contributed by atoms with Crippen LogP contribution in [0.25, 0.3) is 0 Å². The van der Waals surface area contributed by atoms with Gasteiger partial charge in [-0.05, 0) is 40.2 Å². The molecule has 0 heterocycles. The zero-order valence-electron chi connectivity index (χ0n) is 18.0. The highest BCUT2D eigenvalue weighted by molar-refractivity contribution is 5.26. The minimum absolute atomic E-state index is 0.156. The third-order valence-electron chi connectivity index (χ3n) is 4.60. The second-order valence-electron chi connectivity index (χ2n) is 7.96. The molecule has 0 aliphatic heterocycles. The van der Waals surface area contributed by atoms with Crippen LogP contribution in [0.4, 0.5) is 17.6 Å². The summed E-state index contributed by atoms with van der Waals surface area (Å²) in [4.78, 5) is 0. The van der Waals surface area contributed by atoms with Crippen LogP contribution in [-0.4, -0.2) is 23.3 Å². The summed E-state index contributed by atoms with van der Waals surface area (Å²) < 4.78 is 66.9. The van der Waals surface area contributed by atoms with E-state index in [1.165, 1.54) is 0 Å². The number of aliphatic hydroxyl groups is 1. The Balaban J connectivity index is 3.26. The standard InChI is InChI=1S/C22H34F4O3/c1-6-7-8-9-10-11-12-17(22(27,28-14(2)3)29-15(4)5)16-13-18(23)20(25)21(26)19(16)24/h13-15,17,27H,6-12H2,1-5H3. The van der Waals surface area contributed by atoms with E-state index in [2.05, 4.69) is 6.92 Å². The first-order valence-electron chi connectivity index (χ1n) is 10.4. The van der Waals surface area contributed by atoms with Crippen molar-refractivity contribution in [2.75, 3.05) is 0 Å². The van der Waals surface area contributed by atoms with Gasteiger partial charge in [-0.15, -0.1) is 0 Å². The predicted octanol–water partition coefficient (Wildman–Crippen LogP) is 6.57. The molecule has 168 valence electrons. The summed E-state index contributed by atoms with van der Waals surface area (Å²) in [5.74, 6) is -10.4. The van der Waals surface area contributed by atoms with Gasteiger partial charge in [0, 0.05) is 5.56 Å². The second-order valence-corrected chi connectivity index (χ2v) is 7.96. The molecule has 0 saturated carbocycles. The summed E-state index contributed by atoms with van der Waals surface area (Å²) in [7, 11) is 0. The second kappa shape index (κ2) is 11.9. The zero-order valence-corrected chi connectivity index (χ0v) is 18.0. The van der Waals surface area contributed by atoms with E-state index in [-0.39, 0.29) is 6.42 Å². The molecule has 29 heavy (non-hydrogen) atoms. The average Bonchev–Trinajstić information content (AvgIpc) is 2.61. The lowest BCUT2D eigenvalue weighted by Crippen LogP contribution is -2.46. The molecule has 3 nitrogen and oxygen atoms in total. The lowest BCUT2D eigenvalue weighted by Gasteiger charge is -2.38. The molecule has 0 aromatic heterocycles. The van der Waals surface area contributed by atoms with E-state index in [4.69, 9.17) is 9.47 Å². The summed E-state index contributed by atoms with van der Waals surface area (Å²) in [6.07, 6.45) is 4.67. The monoisotopic (exact) mass is 422 g/mol. The van der Waals surface area contributed by atoms with E-state index < -0.39 is 52.9 Å². The Hall–Kier alpha value is -1.18. The van der Waals surface area contributed by atoms with Crippen molar-refractivity contribution in [1.82, 2.24) is 0 Å². The van der Waals surface area contributed by atoms with Crippen LogP contribution in [0.15, 0.2) is 6.07 Å². The van der Waals surface area contributed by atoms with Crippen molar-refractivity contribution >= 4 is 0 Å². The van der Waals surface area contributed by atoms with Crippen molar-refractivity contribution in [3.05, 3.63) is 34.9 Å². The minimum atomic E-state index is -2.32. The molecule has 1 atom stereocenters. The van der Waals surface area contributed by atoms with Gasteiger partial charge in [0.1, 0.15) is 0 Å². The Morgan fingerprint density at radius 2 is 1.34 bits per heavy atom. The largest absolute Gasteiger partial charge is 0.343 e. The smallest absolute Gasteiger partial charge is 0.288 e. The van der Waals surface area contributed by atoms with Gasteiger partial charge in [0.05, 0.1) is 18.1 Å². The number of hydrogen-bond acceptors (Lipinski definition) is 3. The van der Waals surface area contributed by atoms with Crippen LogP contribution in [-0.2, 0) is 9.47 Å². The topological polar surface area (TPSA) is 38.7 Å². The van der Waals surface area contributed by atoms with Crippen molar-refractivity contribution < 1.29 is 32.1 Å². The molecule has 0 aliphatic carbocycles.